The van der Waals surface area contributed by atoms with E-state index in [1.165, 1.54) is 12.1 Å². The Morgan fingerprint density at radius 2 is 2.00 bits per heavy atom. The predicted octanol–water partition coefficient (Wildman–Crippen LogP) is 3.76. The van der Waals surface area contributed by atoms with Crippen molar-refractivity contribution in [1.82, 2.24) is 9.78 Å². The summed E-state index contributed by atoms with van der Waals surface area (Å²) in [5.41, 5.74) is 0.834. The first kappa shape index (κ1) is 20.5. The fraction of sp³-hybridized carbons (Fsp3) is 0.200. The first-order valence-electron chi connectivity index (χ1n) is 8.61. The van der Waals surface area contributed by atoms with Gasteiger partial charge in [0.25, 0.3) is 5.91 Å². The largest absolute Gasteiger partial charge is 0.493 e. The molecule has 152 valence electrons. The number of aromatic nitrogens is 2. The molecule has 7 nitrogen and oxygen atoms in total. The number of carbonyl (C=O) groups excluding carboxylic acids is 1. The molecule has 29 heavy (non-hydrogen) atoms. The van der Waals surface area contributed by atoms with Crippen molar-refractivity contribution in [3.05, 3.63) is 65.1 Å². The molecule has 0 saturated heterocycles. The van der Waals surface area contributed by atoms with Gasteiger partial charge >= 0.3 is 0 Å². The number of amides is 1. The number of ether oxygens (including phenoxy) is 3. The normalized spacial score (nSPS) is 10.5. The van der Waals surface area contributed by atoms with E-state index in [1.54, 1.807) is 37.2 Å². The zero-order valence-corrected chi connectivity index (χ0v) is 16.6. The summed E-state index contributed by atoms with van der Waals surface area (Å²) >= 11 is 5.89. The van der Waals surface area contributed by atoms with E-state index in [-0.39, 0.29) is 17.4 Å². The Bertz CT molecular complexity index is 1010. The Labute approximate surface area is 171 Å². The quantitative estimate of drug-likeness (QED) is 0.601. The number of hydrogen-bond acceptors (Lipinski definition) is 5. The number of nitrogens with one attached hydrogen (secondary N) is 1. The van der Waals surface area contributed by atoms with E-state index in [2.05, 4.69) is 10.4 Å². The first-order chi connectivity index (χ1) is 14.0. The third-order valence-electron chi connectivity index (χ3n) is 4.04. The third-order valence-corrected chi connectivity index (χ3v) is 4.34. The molecular formula is C20H19ClFN3O4. The minimum atomic E-state index is -0.483. The van der Waals surface area contributed by atoms with Crippen molar-refractivity contribution in [1.29, 1.82) is 0 Å². The molecule has 0 fully saturated rings. The molecule has 0 atom stereocenters. The molecule has 0 radical (unpaired) electrons. The summed E-state index contributed by atoms with van der Waals surface area (Å²) in [7, 11) is 3.12. The second-order valence-electron chi connectivity index (χ2n) is 5.94. The molecule has 0 spiro atoms. The molecular weight excluding hydrogens is 401 g/mol. The highest BCUT2D eigenvalue weighted by molar-refractivity contribution is 6.32. The van der Waals surface area contributed by atoms with E-state index < -0.39 is 11.7 Å². The SMILES string of the molecule is COc1cccc(Cn2nccc2NC(=O)COc2ccc(F)cc2Cl)c1OC. The van der Waals surface area contributed by atoms with Crippen LogP contribution in [0, 0.1) is 5.82 Å². The van der Waals surface area contributed by atoms with Gasteiger partial charge < -0.3 is 19.5 Å². The Morgan fingerprint density at radius 3 is 2.72 bits per heavy atom. The summed E-state index contributed by atoms with van der Waals surface area (Å²) in [4.78, 5) is 12.3. The Hall–Kier alpha value is -3.26. The minimum absolute atomic E-state index is 0.0907. The molecule has 0 aliphatic carbocycles. The van der Waals surface area contributed by atoms with Crippen LogP contribution in [0.5, 0.6) is 17.2 Å². The summed E-state index contributed by atoms with van der Waals surface area (Å²) in [5.74, 6) is 1.00. The lowest BCUT2D eigenvalue weighted by Gasteiger charge is -2.14. The number of methoxy groups -OCH3 is 2. The lowest BCUT2D eigenvalue weighted by atomic mass is 10.2. The summed E-state index contributed by atoms with van der Waals surface area (Å²) < 4.78 is 30.8. The van der Waals surface area contributed by atoms with Gasteiger partial charge in [-0.1, -0.05) is 23.7 Å². The summed E-state index contributed by atoms with van der Waals surface area (Å²) in [6, 6.07) is 10.9. The highest BCUT2D eigenvalue weighted by atomic mass is 35.5. The van der Waals surface area contributed by atoms with Crippen LogP contribution in [-0.2, 0) is 11.3 Å². The molecule has 3 rings (SSSR count). The summed E-state index contributed by atoms with van der Waals surface area (Å²) in [6.07, 6.45) is 1.57. The highest BCUT2D eigenvalue weighted by Crippen LogP contribution is 2.31. The van der Waals surface area contributed by atoms with Gasteiger partial charge in [0.15, 0.2) is 18.1 Å². The van der Waals surface area contributed by atoms with Crippen LogP contribution in [0.25, 0.3) is 0 Å². The van der Waals surface area contributed by atoms with Gasteiger partial charge in [0, 0.05) is 11.6 Å². The van der Waals surface area contributed by atoms with Crippen LogP contribution in [0.2, 0.25) is 5.02 Å². The fourth-order valence-corrected chi connectivity index (χ4v) is 2.94. The summed E-state index contributed by atoms with van der Waals surface area (Å²) in [5, 5.41) is 7.06. The fourth-order valence-electron chi connectivity index (χ4n) is 2.72. The molecule has 0 aliphatic rings. The number of benzene rings is 2. The average molecular weight is 420 g/mol. The molecule has 2 aromatic carbocycles. The topological polar surface area (TPSA) is 74.6 Å². The van der Waals surface area contributed by atoms with Crippen LogP contribution in [-0.4, -0.2) is 36.5 Å². The lowest BCUT2D eigenvalue weighted by molar-refractivity contribution is -0.118. The zero-order chi connectivity index (χ0) is 20.8. The van der Waals surface area contributed by atoms with Crippen molar-refractivity contribution in [2.24, 2.45) is 0 Å². The maximum atomic E-state index is 13.1. The lowest BCUT2D eigenvalue weighted by Crippen LogP contribution is -2.22. The number of anilines is 1. The summed E-state index contributed by atoms with van der Waals surface area (Å²) in [6.45, 7) is 0.0622. The van der Waals surface area contributed by atoms with Crippen molar-refractivity contribution in [2.45, 2.75) is 6.54 Å². The molecule has 0 saturated carbocycles. The van der Waals surface area contributed by atoms with Gasteiger partial charge in [0.05, 0.1) is 32.0 Å². The average Bonchev–Trinajstić information content (AvgIpc) is 3.13. The molecule has 3 aromatic rings. The number of carbonyl (C=O) groups is 1. The van der Waals surface area contributed by atoms with E-state index in [4.69, 9.17) is 25.8 Å². The second kappa shape index (κ2) is 9.29. The molecule has 9 heteroatoms. The number of hydrogen-bond donors (Lipinski definition) is 1. The molecule has 1 N–H and O–H groups in total. The number of halogens is 2. The van der Waals surface area contributed by atoms with Crippen LogP contribution in [0.1, 0.15) is 5.56 Å². The van der Waals surface area contributed by atoms with Gasteiger partial charge in [0.1, 0.15) is 17.4 Å². The van der Waals surface area contributed by atoms with Gasteiger partial charge in [0.2, 0.25) is 0 Å². The van der Waals surface area contributed by atoms with E-state index in [0.717, 1.165) is 11.6 Å². The Balaban J connectivity index is 1.67. The Kier molecular flexibility index (Phi) is 6.56. The van der Waals surface area contributed by atoms with Crippen LogP contribution >= 0.6 is 11.6 Å². The van der Waals surface area contributed by atoms with Gasteiger partial charge in [-0.15, -0.1) is 0 Å². The maximum Gasteiger partial charge on any atom is 0.263 e. The molecule has 0 aliphatic heterocycles. The van der Waals surface area contributed by atoms with Crippen molar-refractivity contribution in [3.8, 4) is 17.2 Å². The van der Waals surface area contributed by atoms with Crippen LogP contribution in [0.4, 0.5) is 10.2 Å². The second-order valence-corrected chi connectivity index (χ2v) is 6.35. The van der Waals surface area contributed by atoms with Crippen molar-refractivity contribution in [2.75, 3.05) is 26.1 Å². The van der Waals surface area contributed by atoms with Crippen LogP contribution < -0.4 is 19.5 Å². The number of nitrogens with zero attached hydrogens (tertiary/aromatic N) is 2. The first-order valence-corrected chi connectivity index (χ1v) is 8.99. The van der Waals surface area contributed by atoms with Gasteiger partial charge in [-0.05, 0) is 24.3 Å². The van der Waals surface area contributed by atoms with Crippen molar-refractivity contribution in [3.63, 3.8) is 0 Å². The number of para-hydroxylation sites is 1. The maximum absolute atomic E-state index is 13.1. The number of rotatable bonds is 8. The van der Waals surface area contributed by atoms with Crippen LogP contribution in [0.3, 0.4) is 0 Å². The van der Waals surface area contributed by atoms with Gasteiger partial charge in [-0.2, -0.15) is 5.10 Å². The van der Waals surface area contributed by atoms with E-state index in [1.807, 2.05) is 12.1 Å². The predicted molar refractivity (Wildman–Crippen MR) is 106 cm³/mol. The van der Waals surface area contributed by atoms with E-state index >= 15 is 0 Å². The van der Waals surface area contributed by atoms with Gasteiger partial charge in [-0.25, -0.2) is 9.07 Å². The van der Waals surface area contributed by atoms with Crippen molar-refractivity contribution >= 4 is 23.3 Å². The zero-order valence-electron chi connectivity index (χ0n) is 15.8. The standard InChI is InChI=1S/C20H19ClFN3O4/c1-27-17-5-3-4-13(20(17)28-2)11-25-18(8-9-23-25)24-19(26)12-29-16-7-6-14(22)10-15(16)21/h3-10H,11-12H2,1-2H3,(H,24,26). The molecule has 1 aromatic heterocycles. The molecule has 1 amide bonds. The van der Waals surface area contributed by atoms with Crippen LogP contribution in [0.15, 0.2) is 48.7 Å². The highest BCUT2D eigenvalue weighted by Gasteiger charge is 2.14. The van der Waals surface area contributed by atoms with Crippen molar-refractivity contribution < 1.29 is 23.4 Å². The van der Waals surface area contributed by atoms with E-state index in [9.17, 15) is 9.18 Å². The molecule has 1 heterocycles. The monoisotopic (exact) mass is 419 g/mol. The smallest absolute Gasteiger partial charge is 0.263 e. The Morgan fingerprint density at radius 1 is 1.17 bits per heavy atom. The third kappa shape index (κ3) is 4.97. The van der Waals surface area contributed by atoms with Gasteiger partial charge in [-0.3, -0.25) is 4.79 Å². The minimum Gasteiger partial charge on any atom is -0.493 e. The van der Waals surface area contributed by atoms with E-state index in [0.29, 0.717) is 23.9 Å². The molecule has 0 unspecified atom stereocenters. The molecule has 0 bridgehead atoms.